The van der Waals surface area contributed by atoms with Gasteiger partial charge in [-0.15, -0.1) is 0 Å². The van der Waals surface area contributed by atoms with E-state index in [9.17, 15) is 4.79 Å². The highest BCUT2D eigenvalue weighted by Gasteiger charge is 2.34. The Morgan fingerprint density at radius 2 is 2.09 bits per heavy atom. The summed E-state index contributed by atoms with van der Waals surface area (Å²) in [5.41, 5.74) is 0. The van der Waals surface area contributed by atoms with Crippen molar-refractivity contribution < 1.29 is 14.6 Å². The smallest absolute Gasteiger partial charge is 0.241 e. The van der Waals surface area contributed by atoms with Crippen LogP contribution in [-0.2, 0) is 9.53 Å². The first kappa shape index (κ1) is 8.11. The zero-order valence-corrected chi connectivity index (χ0v) is 6.92. The lowest BCUT2D eigenvalue weighted by molar-refractivity contribution is -0.124. The number of carbonyl (C=O) groups is 1. The second kappa shape index (κ2) is 2.57. The molecule has 3 nitrogen and oxygen atoms in total. The highest BCUT2D eigenvalue weighted by Crippen LogP contribution is 2.23. The first-order chi connectivity index (χ1) is 5.04. The Kier molecular flexibility index (Phi) is 1.89. The molecule has 0 aromatic rings. The van der Waals surface area contributed by atoms with Crippen LogP contribution >= 0.6 is 0 Å². The summed E-state index contributed by atoms with van der Waals surface area (Å²) in [7, 11) is 0. The maximum atomic E-state index is 11.1. The molecule has 11 heavy (non-hydrogen) atoms. The molecule has 1 N–H and O–H groups in total. The zero-order chi connectivity index (χ0) is 8.59. The number of hydrogen-bond donors (Lipinski definition) is 1. The predicted octanol–water partition coefficient (Wildman–Crippen LogP) is 1.40. The van der Waals surface area contributed by atoms with Gasteiger partial charge in [0.15, 0.2) is 6.10 Å². The molecule has 0 aromatic heterocycles. The van der Waals surface area contributed by atoms with Crippen molar-refractivity contribution in [1.29, 1.82) is 0 Å². The molecule has 1 atom stereocenters. The quantitative estimate of drug-likeness (QED) is 0.624. The van der Waals surface area contributed by atoms with Crippen molar-refractivity contribution in [2.45, 2.75) is 26.9 Å². The molecule has 1 heterocycles. The number of allylic oxidation sites excluding steroid dienone is 1. The van der Waals surface area contributed by atoms with Crippen LogP contribution < -0.4 is 0 Å². The van der Waals surface area contributed by atoms with E-state index >= 15 is 0 Å². The largest absolute Gasteiger partial charge is 0.502 e. The zero-order valence-electron chi connectivity index (χ0n) is 6.92. The van der Waals surface area contributed by atoms with E-state index in [1.807, 2.05) is 13.8 Å². The minimum Gasteiger partial charge on any atom is -0.502 e. The molecule has 0 aliphatic carbocycles. The number of aliphatic hydroxyl groups is 1. The highest BCUT2D eigenvalue weighted by atomic mass is 16.5. The number of rotatable bonds is 1. The van der Waals surface area contributed by atoms with Crippen molar-refractivity contribution in [2.24, 2.45) is 5.92 Å². The molecule has 0 saturated heterocycles. The van der Waals surface area contributed by atoms with Gasteiger partial charge in [0, 0.05) is 0 Å². The van der Waals surface area contributed by atoms with E-state index in [0.717, 1.165) is 0 Å². The third kappa shape index (κ3) is 1.23. The van der Waals surface area contributed by atoms with Gasteiger partial charge in [-0.3, -0.25) is 4.79 Å². The fourth-order valence-electron chi connectivity index (χ4n) is 1.05. The van der Waals surface area contributed by atoms with E-state index in [1.54, 1.807) is 6.92 Å². The van der Waals surface area contributed by atoms with Crippen molar-refractivity contribution in [3.63, 3.8) is 0 Å². The summed E-state index contributed by atoms with van der Waals surface area (Å²) < 4.78 is 5.13. The molecular formula is C8H12O3. The molecule has 1 aliphatic heterocycles. The average molecular weight is 156 g/mol. The fraction of sp³-hybridized carbons (Fsp3) is 0.625. The van der Waals surface area contributed by atoms with Crippen LogP contribution in [0, 0.1) is 5.92 Å². The molecule has 0 aromatic carbocycles. The molecule has 1 rings (SSSR count). The van der Waals surface area contributed by atoms with Gasteiger partial charge in [-0.2, -0.15) is 0 Å². The van der Waals surface area contributed by atoms with E-state index in [2.05, 4.69) is 0 Å². The summed E-state index contributed by atoms with van der Waals surface area (Å²) in [5.74, 6) is -0.0583. The summed E-state index contributed by atoms with van der Waals surface area (Å²) in [4.78, 5) is 11.1. The molecule has 0 bridgehead atoms. The number of hydrogen-bond acceptors (Lipinski definition) is 3. The van der Waals surface area contributed by atoms with Gasteiger partial charge < -0.3 is 9.84 Å². The number of Topliss-reactive ketones (excluding diaryl/α,β-unsaturated/α-hetero) is 1. The molecule has 3 heteroatoms. The molecule has 0 radical (unpaired) electrons. The maximum absolute atomic E-state index is 11.1. The van der Waals surface area contributed by atoms with Crippen molar-refractivity contribution in [3.05, 3.63) is 11.5 Å². The summed E-state index contributed by atoms with van der Waals surface area (Å²) in [5, 5.41) is 9.09. The topological polar surface area (TPSA) is 46.5 Å². The van der Waals surface area contributed by atoms with Crippen LogP contribution in [0.3, 0.4) is 0 Å². The van der Waals surface area contributed by atoms with Crippen LogP contribution in [0.1, 0.15) is 20.8 Å². The van der Waals surface area contributed by atoms with Crippen molar-refractivity contribution in [1.82, 2.24) is 0 Å². The number of aliphatic hydroxyl groups excluding tert-OH is 1. The third-order valence-electron chi connectivity index (χ3n) is 1.73. The SMILES string of the molecule is CC1=C(O)C(=O)C(C(C)C)O1. The van der Waals surface area contributed by atoms with Gasteiger partial charge in [-0.05, 0) is 12.8 Å². The van der Waals surface area contributed by atoms with Gasteiger partial charge in [-0.25, -0.2) is 0 Å². The molecule has 1 unspecified atom stereocenters. The molecule has 1 aliphatic rings. The Hall–Kier alpha value is -0.990. The minimum absolute atomic E-state index is 0.113. The minimum atomic E-state index is -0.477. The van der Waals surface area contributed by atoms with E-state index < -0.39 is 6.10 Å². The molecule has 0 fully saturated rings. The summed E-state index contributed by atoms with van der Waals surface area (Å²) in [6.07, 6.45) is -0.477. The number of ether oxygens (including phenoxy) is 1. The van der Waals surface area contributed by atoms with Crippen LogP contribution in [0.2, 0.25) is 0 Å². The molecule has 62 valence electrons. The van der Waals surface area contributed by atoms with Crippen LogP contribution in [0.4, 0.5) is 0 Å². The Bertz CT molecular complexity index is 215. The Morgan fingerprint density at radius 1 is 1.55 bits per heavy atom. The summed E-state index contributed by atoms with van der Waals surface area (Å²) in [6.45, 7) is 5.36. The first-order valence-corrected chi connectivity index (χ1v) is 3.64. The monoisotopic (exact) mass is 156 g/mol. The van der Waals surface area contributed by atoms with E-state index in [-0.39, 0.29) is 17.5 Å². The molecule has 0 saturated carbocycles. The predicted molar refractivity (Wildman–Crippen MR) is 40.0 cm³/mol. The summed E-state index contributed by atoms with van der Waals surface area (Å²) in [6, 6.07) is 0. The Morgan fingerprint density at radius 3 is 2.27 bits per heavy atom. The van der Waals surface area contributed by atoms with Crippen LogP contribution in [0.25, 0.3) is 0 Å². The number of ketones is 1. The highest BCUT2D eigenvalue weighted by molar-refractivity contribution is 5.99. The van der Waals surface area contributed by atoms with Gasteiger partial charge >= 0.3 is 0 Å². The fourth-order valence-corrected chi connectivity index (χ4v) is 1.05. The standard InChI is InChI=1S/C8H12O3/c1-4(2)8-7(10)6(9)5(3)11-8/h4,8-9H,1-3H3. The van der Waals surface area contributed by atoms with Gasteiger partial charge in [-0.1, -0.05) is 13.8 Å². The maximum Gasteiger partial charge on any atom is 0.241 e. The second-order valence-electron chi connectivity index (χ2n) is 3.05. The van der Waals surface area contributed by atoms with Gasteiger partial charge in [0.25, 0.3) is 0 Å². The van der Waals surface area contributed by atoms with Crippen molar-refractivity contribution in [2.75, 3.05) is 0 Å². The van der Waals surface area contributed by atoms with Crippen molar-refractivity contribution in [3.8, 4) is 0 Å². The third-order valence-corrected chi connectivity index (χ3v) is 1.73. The molecule has 0 spiro atoms. The lowest BCUT2D eigenvalue weighted by Gasteiger charge is -2.12. The lowest BCUT2D eigenvalue weighted by Crippen LogP contribution is -2.24. The van der Waals surface area contributed by atoms with E-state index in [4.69, 9.17) is 9.84 Å². The molecule has 0 amide bonds. The van der Waals surface area contributed by atoms with E-state index in [0.29, 0.717) is 5.76 Å². The van der Waals surface area contributed by atoms with Gasteiger partial charge in [0.2, 0.25) is 11.5 Å². The van der Waals surface area contributed by atoms with Crippen LogP contribution in [-0.4, -0.2) is 17.0 Å². The Labute approximate surface area is 65.7 Å². The van der Waals surface area contributed by atoms with Crippen molar-refractivity contribution >= 4 is 5.78 Å². The molecular weight excluding hydrogens is 144 g/mol. The van der Waals surface area contributed by atoms with Crippen LogP contribution in [0.15, 0.2) is 11.5 Å². The normalized spacial score (nSPS) is 24.7. The van der Waals surface area contributed by atoms with Gasteiger partial charge in [0.1, 0.15) is 5.76 Å². The van der Waals surface area contributed by atoms with E-state index in [1.165, 1.54) is 0 Å². The van der Waals surface area contributed by atoms with Gasteiger partial charge in [0.05, 0.1) is 0 Å². The lowest BCUT2D eigenvalue weighted by atomic mass is 10.0. The van der Waals surface area contributed by atoms with Crippen LogP contribution in [0.5, 0.6) is 0 Å². The first-order valence-electron chi connectivity index (χ1n) is 3.64. The second-order valence-corrected chi connectivity index (χ2v) is 3.05. The Balaban J connectivity index is 2.79. The summed E-state index contributed by atoms with van der Waals surface area (Å²) >= 11 is 0. The number of carbonyl (C=O) groups excluding carboxylic acids is 1. The average Bonchev–Trinajstić information content (AvgIpc) is 2.17.